The number of benzene rings is 1. The quantitative estimate of drug-likeness (QED) is 0.463. The molecule has 1 aliphatic heterocycles. The maximum Gasteiger partial charge on any atom is 0.239 e. The summed E-state index contributed by atoms with van der Waals surface area (Å²) in [5.41, 5.74) is 2.90. The first-order valence-corrected chi connectivity index (χ1v) is 12.6. The largest absolute Gasteiger partial charge is 0.384 e. The summed E-state index contributed by atoms with van der Waals surface area (Å²) in [4.78, 5) is 24.3. The number of aromatic nitrogens is 2. The van der Waals surface area contributed by atoms with E-state index in [4.69, 9.17) is 0 Å². The Kier molecular flexibility index (Phi) is 6.65. The minimum absolute atomic E-state index is 0.0522. The first-order chi connectivity index (χ1) is 17.0. The molecule has 1 amide bonds. The minimum atomic E-state index is -0.770. The Balaban J connectivity index is 1.11. The van der Waals surface area contributed by atoms with Crippen LogP contribution in [0.3, 0.4) is 0 Å². The predicted octanol–water partition coefficient (Wildman–Crippen LogP) is 3.08. The number of likely N-dealkylation sites (tertiary alicyclic amines) is 1. The molecule has 0 atom stereocenters. The number of hydrogen-bond acceptors (Lipinski definition) is 8. The van der Waals surface area contributed by atoms with Crippen LogP contribution in [-0.4, -0.2) is 57.6 Å². The molecule has 10 heteroatoms. The van der Waals surface area contributed by atoms with Gasteiger partial charge in [0, 0.05) is 42.4 Å². The molecule has 0 bridgehead atoms. The lowest BCUT2D eigenvalue weighted by molar-refractivity contribution is -0.121. The summed E-state index contributed by atoms with van der Waals surface area (Å²) in [6.45, 7) is 1.12. The molecule has 0 radical (unpaired) electrons. The predicted molar refractivity (Wildman–Crippen MR) is 132 cm³/mol. The third kappa shape index (κ3) is 4.98. The summed E-state index contributed by atoms with van der Waals surface area (Å²) in [6.07, 6.45) is 4.94. The molecule has 1 aliphatic carbocycles. The fourth-order valence-corrected chi connectivity index (χ4v) is 5.75. The number of piperidine rings is 1. The van der Waals surface area contributed by atoms with E-state index in [1.165, 1.54) is 11.3 Å². The van der Waals surface area contributed by atoms with E-state index < -0.39 is 12.3 Å². The highest BCUT2D eigenvalue weighted by Crippen LogP contribution is 2.37. The van der Waals surface area contributed by atoms with Crippen LogP contribution in [0.25, 0.3) is 10.9 Å². The third-order valence-electron chi connectivity index (χ3n) is 7.09. The van der Waals surface area contributed by atoms with Gasteiger partial charge in [0.1, 0.15) is 24.0 Å². The number of alkyl halides is 1. The van der Waals surface area contributed by atoms with Crippen molar-refractivity contribution in [3.8, 4) is 6.07 Å². The van der Waals surface area contributed by atoms with Gasteiger partial charge in [0.15, 0.2) is 0 Å². The average Bonchev–Trinajstić information content (AvgIpc) is 3.41. The zero-order chi connectivity index (χ0) is 24.4. The second-order valence-electron chi connectivity index (χ2n) is 9.33. The minimum Gasteiger partial charge on any atom is -0.384 e. The van der Waals surface area contributed by atoms with Gasteiger partial charge in [0.05, 0.1) is 22.4 Å². The normalized spacial score (nSPS) is 21.7. The van der Waals surface area contributed by atoms with E-state index in [1.807, 2.05) is 6.07 Å². The van der Waals surface area contributed by atoms with Gasteiger partial charge < -0.3 is 15.7 Å². The van der Waals surface area contributed by atoms with E-state index in [0.29, 0.717) is 41.0 Å². The number of pyridine rings is 1. The lowest BCUT2D eigenvalue weighted by Crippen LogP contribution is -2.57. The van der Waals surface area contributed by atoms with E-state index in [2.05, 4.69) is 25.5 Å². The lowest BCUT2D eigenvalue weighted by atomic mass is 9.82. The number of fused-ring (bicyclic) bond motifs is 1. The Bertz CT molecular complexity index is 1250. The number of thiazole rings is 1. The Labute approximate surface area is 206 Å². The topological polar surface area (TPSA) is 114 Å². The molecule has 1 aromatic carbocycles. The van der Waals surface area contributed by atoms with Crippen LogP contribution in [0.1, 0.15) is 41.8 Å². The van der Waals surface area contributed by atoms with Crippen LogP contribution >= 0.6 is 11.3 Å². The van der Waals surface area contributed by atoms with Crippen LogP contribution in [-0.2, 0) is 17.1 Å². The molecule has 0 unspecified atom stereocenters. The van der Waals surface area contributed by atoms with E-state index >= 15 is 0 Å². The van der Waals surface area contributed by atoms with Crippen molar-refractivity contribution in [1.82, 2.24) is 20.2 Å². The van der Waals surface area contributed by atoms with Crippen molar-refractivity contribution in [1.29, 1.82) is 5.26 Å². The lowest BCUT2D eigenvalue weighted by Gasteiger charge is -2.47. The number of hydrogen-bond donors (Lipinski definition) is 3. The third-order valence-corrected chi connectivity index (χ3v) is 8.06. The first kappa shape index (κ1) is 23.6. The van der Waals surface area contributed by atoms with Crippen LogP contribution in [0.5, 0.6) is 0 Å². The highest BCUT2D eigenvalue weighted by atomic mass is 32.1. The number of aliphatic hydroxyl groups is 1. The van der Waals surface area contributed by atoms with Gasteiger partial charge in [0.25, 0.3) is 0 Å². The van der Waals surface area contributed by atoms with Crippen molar-refractivity contribution in [2.45, 2.75) is 50.0 Å². The number of rotatable bonds is 7. The number of amides is 1. The smallest absolute Gasteiger partial charge is 0.239 e. The van der Waals surface area contributed by atoms with Crippen molar-refractivity contribution >= 4 is 33.8 Å². The molecule has 5 rings (SSSR count). The molecule has 3 N–H and O–H groups in total. The van der Waals surface area contributed by atoms with E-state index in [-0.39, 0.29) is 24.2 Å². The van der Waals surface area contributed by atoms with Gasteiger partial charge in [-0.25, -0.2) is 9.37 Å². The summed E-state index contributed by atoms with van der Waals surface area (Å²) in [5, 5.41) is 27.0. The van der Waals surface area contributed by atoms with Gasteiger partial charge in [-0.1, -0.05) is 6.07 Å². The van der Waals surface area contributed by atoms with Gasteiger partial charge in [-0.15, -0.1) is 11.3 Å². The zero-order valence-electron chi connectivity index (χ0n) is 19.2. The summed E-state index contributed by atoms with van der Waals surface area (Å²) < 4.78 is 13.1. The Hall–Kier alpha value is -3.13. The molecule has 8 nitrogen and oxygen atoms in total. The maximum absolute atomic E-state index is 13.1. The number of nitrogens with zero attached hydrogens (tertiary/aromatic N) is 4. The second-order valence-corrected chi connectivity index (χ2v) is 10.2. The number of carbonyl (C=O) groups is 1. The van der Waals surface area contributed by atoms with Crippen molar-refractivity contribution in [2.75, 3.05) is 25.0 Å². The van der Waals surface area contributed by atoms with E-state index in [9.17, 15) is 19.6 Å². The molecule has 182 valence electrons. The monoisotopic (exact) mass is 494 g/mol. The molecule has 0 spiro atoms. The molecular weight excluding hydrogens is 467 g/mol. The fraction of sp³-hybridized carbons (Fsp3) is 0.440. The molecule has 1 saturated heterocycles. The molecule has 1 saturated carbocycles. The van der Waals surface area contributed by atoms with Crippen LogP contribution < -0.4 is 10.6 Å². The van der Waals surface area contributed by atoms with Gasteiger partial charge in [-0.3, -0.25) is 14.7 Å². The Morgan fingerprint density at radius 2 is 2.11 bits per heavy atom. The number of anilines is 1. The van der Waals surface area contributed by atoms with Gasteiger partial charge in [0.2, 0.25) is 5.91 Å². The van der Waals surface area contributed by atoms with Gasteiger partial charge in [-0.05, 0) is 49.4 Å². The molecule has 2 fully saturated rings. The van der Waals surface area contributed by atoms with Crippen LogP contribution in [0, 0.1) is 11.3 Å². The fourth-order valence-electron chi connectivity index (χ4n) is 4.97. The molecule has 2 aliphatic rings. The summed E-state index contributed by atoms with van der Waals surface area (Å²) >= 11 is 1.50. The average molecular weight is 495 g/mol. The van der Waals surface area contributed by atoms with Gasteiger partial charge in [-0.2, -0.15) is 5.26 Å². The summed E-state index contributed by atoms with van der Waals surface area (Å²) in [6, 6.07) is 9.17. The molecular formula is C25H27FN6O2S. The van der Waals surface area contributed by atoms with E-state index in [0.717, 1.165) is 30.8 Å². The highest BCUT2D eigenvalue weighted by molar-refractivity contribution is 7.09. The maximum atomic E-state index is 13.1. The number of nitrogens with one attached hydrogen (secondary N) is 2. The SMILES string of the molecule is N#Cc1cc(NCC(=O)NC2CC(N3CCC(O)(c4cncs4)CC3)C2)c2cc(CF)ccc2n1. The van der Waals surface area contributed by atoms with Crippen molar-refractivity contribution in [3.63, 3.8) is 0 Å². The van der Waals surface area contributed by atoms with Crippen molar-refractivity contribution in [2.24, 2.45) is 0 Å². The zero-order valence-corrected chi connectivity index (χ0v) is 20.0. The molecule has 35 heavy (non-hydrogen) atoms. The van der Waals surface area contributed by atoms with Crippen molar-refractivity contribution in [3.05, 3.63) is 52.1 Å². The molecule has 3 heterocycles. The standard InChI is InChI=1S/C25H27FN6O2S/c26-11-16-1-2-21-20(7-16)22(10-18(12-27)30-21)29-14-24(33)31-17-8-19(9-17)32-5-3-25(34,4-6-32)23-13-28-15-35-23/h1-2,7,10,13,15,17,19,34H,3-6,8-9,11,14H2,(H,29,30)(H,31,33). The first-order valence-electron chi connectivity index (χ1n) is 11.8. The second kappa shape index (κ2) is 9.85. The summed E-state index contributed by atoms with van der Waals surface area (Å²) in [5.74, 6) is -0.128. The Morgan fingerprint density at radius 1 is 1.31 bits per heavy atom. The Morgan fingerprint density at radius 3 is 2.80 bits per heavy atom. The highest BCUT2D eigenvalue weighted by Gasteiger charge is 2.41. The molecule has 2 aromatic heterocycles. The van der Waals surface area contributed by atoms with Gasteiger partial charge >= 0.3 is 0 Å². The number of halogens is 1. The van der Waals surface area contributed by atoms with Crippen molar-refractivity contribution < 1.29 is 14.3 Å². The molecule has 3 aromatic rings. The van der Waals surface area contributed by atoms with Crippen LogP contribution in [0.4, 0.5) is 10.1 Å². The summed E-state index contributed by atoms with van der Waals surface area (Å²) in [7, 11) is 0. The number of nitriles is 1. The van der Waals surface area contributed by atoms with Crippen LogP contribution in [0.2, 0.25) is 0 Å². The van der Waals surface area contributed by atoms with E-state index in [1.54, 1.807) is 36.0 Å². The number of carbonyl (C=O) groups excluding carboxylic acids is 1. The van der Waals surface area contributed by atoms with Crippen LogP contribution in [0.15, 0.2) is 36.0 Å².